The molecule has 34 heavy (non-hydrogen) atoms. The van der Waals surface area contributed by atoms with Gasteiger partial charge in [0.25, 0.3) is 5.69 Å². The van der Waals surface area contributed by atoms with Gasteiger partial charge >= 0.3 is 0 Å². The van der Waals surface area contributed by atoms with Gasteiger partial charge in [0.05, 0.1) is 4.92 Å². The molecule has 0 saturated carbocycles. The average Bonchev–Trinajstić information content (AvgIpc) is 3.19. The van der Waals surface area contributed by atoms with Crippen molar-refractivity contribution in [1.82, 2.24) is 14.8 Å². The van der Waals surface area contributed by atoms with Crippen molar-refractivity contribution < 1.29 is 14.1 Å². The molecule has 3 aromatic rings. The number of Topliss-reactive ketones (excluding diaryl/α,β-unsaturated/α-hetero) is 1. The van der Waals surface area contributed by atoms with E-state index in [2.05, 4.69) is 15.4 Å². The molecule has 2 aromatic carbocycles. The fraction of sp³-hybridized carbons (Fsp3) is 0.292. The molecule has 1 N–H and O–H groups in total. The number of ketones is 1. The maximum Gasteiger partial charge on any atom is 0.269 e. The Bertz CT molecular complexity index is 1330. The number of thioether (sulfide) groups is 1. The van der Waals surface area contributed by atoms with Gasteiger partial charge in [-0.25, -0.2) is 9.07 Å². The predicted molar refractivity (Wildman–Crippen MR) is 126 cm³/mol. The van der Waals surface area contributed by atoms with E-state index in [0.29, 0.717) is 46.4 Å². The topological polar surface area (TPSA) is 103 Å². The lowest BCUT2D eigenvalue weighted by Crippen LogP contribution is -2.36. The van der Waals surface area contributed by atoms with Crippen molar-refractivity contribution in [1.29, 1.82) is 0 Å². The summed E-state index contributed by atoms with van der Waals surface area (Å²) in [5.41, 5.74) is 2.45. The lowest BCUT2D eigenvalue weighted by Gasteiger charge is -2.38. The fourth-order valence-electron chi connectivity index (χ4n) is 4.49. The minimum absolute atomic E-state index is 0.0174. The molecule has 2 aliphatic rings. The second-order valence-electron chi connectivity index (χ2n) is 9.25. The summed E-state index contributed by atoms with van der Waals surface area (Å²) in [6, 6.07) is 12.2. The molecule has 1 unspecified atom stereocenters. The Morgan fingerprint density at radius 3 is 2.65 bits per heavy atom. The SMILES string of the molecule is CC1(C)CC(=O)C2=C(C1)Nc1nc(SCc3ccccc3F)nn1C2c1ccc([N+](=O)[O-])cc1. The highest BCUT2D eigenvalue weighted by atomic mass is 32.2. The molecule has 1 aromatic heterocycles. The van der Waals surface area contributed by atoms with E-state index in [1.807, 2.05) is 13.8 Å². The van der Waals surface area contributed by atoms with E-state index in [0.717, 1.165) is 5.70 Å². The van der Waals surface area contributed by atoms with Crippen LogP contribution in [0.5, 0.6) is 0 Å². The number of allylic oxidation sites excluding steroid dienone is 2. The number of benzene rings is 2. The van der Waals surface area contributed by atoms with Crippen LogP contribution >= 0.6 is 11.8 Å². The smallest absolute Gasteiger partial charge is 0.269 e. The molecule has 10 heteroatoms. The van der Waals surface area contributed by atoms with Crippen LogP contribution in [-0.2, 0) is 10.5 Å². The fourth-order valence-corrected chi connectivity index (χ4v) is 5.31. The van der Waals surface area contributed by atoms with Gasteiger partial charge in [0.1, 0.15) is 11.9 Å². The first-order valence-corrected chi connectivity index (χ1v) is 11.8. The molecular formula is C24H22FN5O3S. The Balaban J connectivity index is 1.54. The van der Waals surface area contributed by atoms with Gasteiger partial charge in [-0.05, 0) is 41.2 Å². The molecule has 2 heterocycles. The first-order valence-electron chi connectivity index (χ1n) is 10.8. The van der Waals surface area contributed by atoms with E-state index in [1.54, 1.807) is 35.0 Å². The van der Waals surface area contributed by atoms with Crippen LogP contribution in [0, 0.1) is 21.3 Å². The van der Waals surface area contributed by atoms with Gasteiger partial charge in [0, 0.05) is 35.6 Å². The lowest BCUT2D eigenvalue weighted by molar-refractivity contribution is -0.384. The third-order valence-corrected chi connectivity index (χ3v) is 6.93. The number of anilines is 1. The van der Waals surface area contributed by atoms with Crippen LogP contribution in [0.25, 0.3) is 0 Å². The van der Waals surface area contributed by atoms with Crippen molar-refractivity contribution >= 4 is 29.2 Å². The van der Waals surface area contributed by atoms with Gasteiger partial charge in [-0.15, -0.1) is 5.10 Å². The van der Waals surface area contributed by atoms with Gasteiger partial charge in [0.2, 0.25) is 11.1 Å². The third-order valence-electron chi connectivity index (χ3n) is 6.05. The summed E-state index contributed by atoms with van der Waals surface area (Å²) in [4.78, 5) is 28.5. The number of halogens is 1. The van der Waals surface area contributed by atoms with Crippen molar-refractivity contribution in [3.05, 3.63) is 86.9 Å². The average molecular weight is 480 g/mol. The number of carbonyl (C=O) groups excluding carboxylic acids is 1. The molecule has 0 saturated heterocycles. The molecule has 5 rings (SSSR count). The number of hydrogen-bond acceptors (Lipinski definition) is 7. The number of nitro benzene ring substituents is 1. The summed E-state index contributed by atoms with van der Waals surface area (Å²) in [5, 5.41) is 19.5. The highest BCUT2D eigenvalue weighted by Crippen LogP contribution is 2.45. The van der Waals surface area contributed by atoms with E-state index in [1.165, 1.54) is 30.0 Å². The number of nitrogens with zero attached hydrogens (tertiary/aromatic N) is 4. The highest BCUT2D eigenvalue weighted by Gasteiger charge is 2.42. The van der Waals surface area contributed by atoms with Crippen LogP contribution in [0.3, 0.4) is 0 Å². The summed E-state index contributed by atoms with van der Waals surface area (Å²) in [6.45, 7) is 4.10. The molecule has 0 fully saturated rings. The van der Waals surface area contributed by atoms with E-state index in [-0.39, 0.29) is 22.7 Å². The van der Waals surface area contributed by atoms with Crippen LogP contribution in [-0.4, -0.2) is 25.5 Å². The van der Waals surface area contributed by atoms with Crippen LogP contribution in [0.2, 0.25) is 0 Å². The van der Waals surface area contributed by atoms with E-state index in [9.17, 15) is 19.3 Å². The highest BCUT2D eigenvalue weighted by molar-refractivity contribution is 7.98. The molecule has 0 spiro atoms. The monoisotopic (exact) mass is 479 g/mol. The van der Waals surface area contributed by atoms with Gasteiger partial charge in [0.15, 0.2) is 5.78 Å². The Morgan fingerprint density at radius 1 is 1.21 bits per heavy atom. The normalized spacial score (nSPS) is 18.8. The largest absolute Gasteiger partial charge is 0.328 e. The van der Waals surface area contributed by atoms with Crippen molar-refractivity contribution in [2.24, 2.45) is 5.41 Å². The molecule has 1 aliphatic heterocycles. The number of nitrogens with one attached hydrogen (secondary N) is 1. The number of nitro groups is 1. The second kappa shape index (κ2) is 8.35. The Labute approximate surface area is 199 Å². The summed E-state index contributed by atoms with van der Waals surface area (Å²) < 4.78 is 15.7. The van der Waals surface area contributed by atoms with Crippen LogP contribution in [0.15, 0.2) is 65.0 Å². The van der Waals surface area contributed by atoms with E-state index in [4.69, 9.17) is 0 Å². The number of carbonyl (C=O) groups is 1. The summed E-state index contributed by atoms with van der Waals surface area (Å²) >= 11 is 1.30. The Hall–Kier alpha value is -3.53. The van der Waals surface area contributed by atoms with Gasteiger partial charge in [-0.2, -0.15) is 4.98 Å². The Kier molecular flexibility index (Phi) is 5.47. The van der Waals surface area contributed by atoms with Gasteiger partial charge in [-0.3, -0.25) is 14.9 Å². The first kappa shape index (κ1) is 22.3. The van der Waals surface area contributed by atoms with Crippen molar-refractivity contribution in [3.8, 4) is 0 Å². The first-order chi connectivity index (χ1) is 16.2. The molecule has 8 nitrogen and oxygen atoms in total. The molecule has 1 aliphatic carbocycles. The minimum atomic E-state index is -0.550. The third kappa shape index (κ3) is 4.09. The van der Waals surface area contributed by atoms with Crippen LogP contribution < -0.4 is 5.32 Å². The summed E-state index contributed by atoms with van der Waals surface area (Å²) in [7, 11) is 0. The standard InChI is InChI=1S/C24H22FN5O3S/c1-24(2)11-18-20(19(31)12-24)21(14-7-9-16(10-8-14)30(32)33)29-22(26-18)27-23(28-29)34-13-15-5-3-4-6-17(15)25/h3-10,21H,11-13H2,1-2H3,(H,26,27,28). The molecule has 0 amide bonds. The second-order valence-corrected chi connectivity index (χ2v) is 10.2. The number of rotatable bonds is 5. The number of fused-ring (bicyclic) bond motifs is 1. The maximum absolute atomic E-state index is 14.0. The van der Waals surface area contributed by atoms with Gasteiger partial charge < -0.3 is 5.32 Å². The van der Waals surface area contributed by atoms with Gasteiger partial charge in [-0.1, -0.05) is 43.8 Å². The minimum Gasteiger partial charge on any atom is -0.328 e. The van der Waals surface area contributed by atoms with Crippen molar-refractivity contribution in [3.63, 3.8) is 0 Å². The quantitative estimate of drug-likeness (QED) is 0.302. The lowest BCUT2D eigenvalue weighted by atomic mass is 9.73. The number of hydrogen-bond donors (Lipinski definition) is 1. The number of non-ortho nitro benzene ring substituents is 1. The van der Waals surface area contributed by atoms with E-state index >= 15 is 0 Å². The zero-order chi connectivity index (χ0) is 24.0. The zero-order valence-corrected chi connectivity index (χ0v) is 19.4. The predicted octanol–water partition coefficient (Wildman–Crippen LogP) is 5.28. The Morgan fingerprint density at radius 2 is 1.94 bits per heavy atom. The van der Waals surface area contributed by atoms with E-state index < -0.39 is 11.0 Å². The van der Waals surface area contributed by atoms with Crippen molar-refractivity contribution in [2.75, 3.05) is 5.32 Å². The summed E-state index contributed by atoms with van der Waals surface area (Å²) in [6.07, 6.45) is 1.07. The number of aromatic nitrogens is 3. The van der Waals surface area contributed by atoms with Crippen LogP contribution in [0.1, 0.15) is 43.9 Å². The molecule has 0 radical (unpaired) electrons. The zero-order valence-electron chi connectivity index (χ0n) is 18.6. The summed E-state index contributed by atoms with van der Waals surface area (Å²) in [5.74, 6) is 0.579. The molecule has 1 atom stereocenters. The van der Waals surface area contributed by atoms with Crippen LogP contribution in [0.4, 0.5) is 16.0 Å². The molecule has 174 valence electrons. The maximum atomic E-state index is 14.0. The molecular weight excluding hydrogens is 457 g/mol. The van der Waals surface area contributed by atoms with Crippen molar-refractivity contribution in [2.45, 2.75) is 43.6 Å². The molecule has 0 bridgehead atoms.